The number of ketones is 1. The number of amides is 1. The third-order valence-electron chi connectivity index (χ3n) is 6.53. The SMILES string of the molecule is COC(=O)[C@@]12C=CC(=O)C[C@@]13c1cc(OC)c(OC)c(OC)c1CCN3C(=O)[C@H]2O. The molecule has 4 rings (SSSR count). The number of fused-ring (bicyclic) bond motifs is 1. The van der Waals surface area contributed by atoms with Gasteiger partial charge in [-0.05, 0) is 24.1 Å². The second kappa shape index (κ2) is 6.73. The van der Waals surface area contributed by atoms with Crippen molar-refractivity contribution in [3.8, 4) is 17.2 Å². The van der Waals surface area contributed by atoms with Crippen molar-refractivity contribution in [2.24, 2.45) is 5.41 Å². The number of allylic oxidation sites excluding steroid dienone is 1. The number of benzene rings is 1. The first kappa shape index (κ1) is 20.2. The standard InChI is InChI=1S/C21H23NO8/c1-27-14-9-13-12(15(28-2)16(14)29-3)6-8-22-18(25)17(24)20(19(26)30-4)7-5-11(23)10-21(13,20)22/h5,7,9,17,24H,6,8,10H2,1-4H3/t17-,20+,21-/m1/s1. The fourth-order valence-electron chi connectivity index (χ4n) is 5.32. The van der Waals surface area contributed by atoms with Crippen molar-refractivity contribution in [2.45, 2.75) is 24.5 Å². The van der Waals surface area contributed by atoms with Crippen LogP contribution in [0.4, 0.5) is 0 Å². The molecule has 1 aromatic carbocycles. The fraction of sp³-hybridized carbons (Fsp3) is 0.476. The molecule has 2 heterocycles. The van der Waals surface area contributed by atoms with Crippen LogP contribution in [0.5, 0.6) is 17.2 Å². The second-order valence-corrected chi connectivity index (χ2v) is 7.51. The Hall–Kier alpha value is -3.07. The van der Waals surface area contributed by atoms with Gasteiger partial charge in [-0.2, -0.15) is 0 Å². The summed E-state index contributed by atoms with van der Waals surface area (Å²) in [6.45, 7) is 0.189. The number of aliphatic hydroxyl groups is 1. The number of rotatable bonds is 4. The third-order valence-corrected chi connectivity index (χ3v) is 6.53. The van der Waals surface area contributed by atoms with Crippen LogP contribution in [0.3, 0.4) is 0 Å². The number of nitrogens with zero attached hydrogens (tertiary/aromatic N) is 1. The molecule has 0 aromatic heterocycles. The summed E-state index contributed by atoms with van der Waals surface area (Å²) in [5.41, 5.74) is -2.07. The molecular formula is C21H23NO8. The largest absolute Gasteiger partial charge is 0.493 e. The average Bonchev–Trinajstić information content (AvgIpc) is 2.96. The van der Waals surface area contributed by atoms with Crippen LogP contribution in [0.1, 0.15) is 17.5 Å². The molecule has 1 spiro atoms. The van der Waals surface area contributed by atoms with Crippen molar-refractivity contribution in [1.82, 2.24) is 4.90 Å². The molecule has 30 heavy (non-hydrogen) atoms. The van der Waals surface area contributed by atoms with E-state index in [0.717, 1.165) is 0 Å². The Kier molecular flexibility index (Phi) is 4.54. The topological polar surface area (TPSA) is 112 Å². The fourth-order valence-corrected chi connectivity index (χ4v) is 5.32. The number of methoxy groups -OCH3 is 4. The lowest BCUT2D eigenvalue weighted by atomic mass is 9.58. The van der Waals surface area contributed by atoms with Crippen molar-refractivity contribution in [3.05, 3.63) is 29.3 Å². The molecule has 1 amide bonds. The average molecular weight is 417 g/mol. The molecule has 3 aliphatic rings. The van der Waals surface area contributed by atoms with E-state index in [1.807, 2.05) is 0 Å². The lowest BCUT2D eigenvalue weighted by molar-refractivity contribution is -0.162. The van der Waals surface area contributed by atoms with Crippen molar-refractivity contribution in [3.63, 3.8) is 0 Å². The number of hydrogen-bond acceptors (Lipinski definition) is 8. The Morgan fingerprint density at radius 3 is 2.43 bits per heavy atom. The number of ether oxygens (including phenoxy) is 4. The Morgan fingerprint density at radius 2 is 1.83 bits per heavy atom. The molecule has 0 saturated carbocycles. The van der Waals surface area contributed by atoms with Gasteiger partial charge in [-0.25, -0.2) is 0 Å². The number of carbonyl (C=O) groups excluding carboxylic acids is 3. The van der Waals surface area contributed by atoms with E-state index in [-0.39, 0.29) is 18.7 Å². The van der Waals surface area contributed by atoms with E-state index in [9.17, 15) is 19.5 Å². The van der Waals surface area contributed by atoms with Gasteiger partial charge in [0.25, 0.3) is 5.91 Å². The highest BCUT2D eigenvalue weighted by molar-refractivity contribution is 6.04. The first-order valence-corrected chi connectivity index (χ1v) is 9.46. The highest BCUT2D eigenvalue weighted by atomic mass is 16.5. The third kappa shape index (κ3) is 2.13. The lowest BCUT2D eigenvalue weighted by Gasteiger charge is -2.51. The first-order valence-electron chi connectivity index (χ1n) is 9.46. The molecular weight excluding hydrogens is 394 g/mol. The van der Waals surface area contributed by atoms with Crippen LogP contribution >= 0.6 is 0 Å². The Balaban J connectivity index is 2.14. The summed E-state index contributed by atoms with van der Waals surface area (Å²) in [4.78, 5) is 40.3. The maximum Gasteiger partial charge on any atom is 0.321 e. The van der Waals surface area contributed by atoms with Gasteiger partial charge in [0.05, 0.1) is 34.0 Å². The zero-order valence-electron chi connectivity index (χ0n) is 17.2. The van der Waals surface area contributed by atoms with Crippen LogP contribution in [0.2, 0.25) is 0 Å². The highest BCUT2D eigenvalue weighted by Gasteiger charge is 2.74. The van der Waals surface area contributed by atoms with Gasteiger partial charge in [-0.1, -0.05) is 6.08 Å². The minimum atomic E-state index is -1.79. The molecule has 1 saturated heterocycles. The van der Waals surface area contributed by atoms with E-state index in [2.05, 4.69) is 0 Å². The minimum absolute atomic E-state index is 0.187. The highest BCUT2D eigenvalue weighted by Crippen LogP contribution is 2.62. The normalized spacial score (nSPS) is 29.1. The van der Waals surface area contributed by atoms with E-state index in [0.29, 0.717) is 34.8 Å². The summed E-state index contributed by atoms with van der Waals surface area (Å²) in [6.07, 6.45) is 1.04. The molecule has 1 aromatic rings. The van der Waals surface area contributed by atoms with Crippen LogP contribution in [0.25, 0.3) is 0 Å². The summed E-state index contributed by atoms with van der Waals surface area (Å²) in [5.74, 6) is -0.609. The molecule has 1 aliphatic carbocycles. The van der Waals surface area contributed by atoms with Gasteiger partial charge in [-0.15, -0.1) is 0 Å². The monoisotopic (exact) mass is 417 g/mol. The number of esters is 1. The van der Waals surface area contributed by atoms with E-state index >= 15 is 0 Å². The van der Waals surface area contributed by atoms with Gasteiger partial charge in [0, 0.05) is 18.5 Å². The van der Waals surface area contributed by atoms with Crippen LogP contribution in [0, 0.1) is 5.41 Å². The number of aliphatic hydroxyl groups excluding tert-OH is 1. The molecule has 0 bridgehead atoms. The summed E-state index contributed by atoms with van der Waals surface area (Å²) < 4.78 is 21.6. The quantitative estimate of drug-likeness (QED) is 0.699. The summed E-state index contributed by atoms with van der Waals surface area (Å²) in [5, 5.41) is 11.0. The van der Waals surface area contributed by atoms with Crippen LogP contribution in [-0.2, 0) is 31.1 Å². The minimum Gasteiger partial charge on any atom is -0.493 e. The predicted octanol–water partition coefficient (Wildman–Crippen LogP) is 0.355. The van der Waals surface area contributed by atoms with Gasteiger partial charge in [0.2, 0.25) is 5.75 Å². The van der Waals surface area contributed by atoms with Gasteiger partial charge < -0.3 is 29.0 Å². The molecule has 9 heteroatoms. The second-order valence-electron chi connectivity index (χ2n) is 7.51. The summed E-state index contributed by atoms with van der Waals surface area (Å²) in [7, 11) is 5.61. The van der Waals surface area contributed by atoms with Crippen LogP contribution < -0.4 is 14.2 Å². The summed E-state index contributed by atoms with van der Waals surface area (Å²) >= 11 is 0. The Bertz CT molecular complexity index is 986. The zero-order valence-corrected chi connectivity index (χ0v) is 17.2. The molecule has 0 unspecified atom stereocenters. The number of hydrogen-bond donors (Lipinski definition) is 1. The van der Waals surface area contributed by atoms with Crippen LogP contribution in [-0.4, -0.2) is 68.8 Å². The van der Waals surface area contributed by atoms with Crippen molar-refractivity contribution in [1.29, 1.82) is 0 Å². The van der Waals surface area contributed by atoms with Crippen molar-refractivity contribution in [2.75, 3.05) is 35.0 Å². The lowest BCUT2D eigenvalue weighted by Crippen LogP contribution is -2.61. The van der Waals surface area contributed by atoms with E-state index < -0.39 is 28.9 Å². The van der Waals surface area contributed by atoms with Crippen molar-refractivity contribution >= 4 is 17.7 Å². The molecule has 160 valence electrons. The molecule has 0 radical (unpaired) electrons. The maximum absolute atomic E-state index is 13.1. The van der Waals surface area contributed by atoms with Crippen molar-refractivity contribution < 1.29 is 38.4 Å². The number of carbonyl (C=O) groups is 3. The predicted molar refractivity (Wildman–Crippen MR) is 102 cm³/mol. The van der Waals surface area contributed by atoms with E-state index in [4.69, 9.17) is 18.9 Å². The summed E-state index contributed by atoms with van der Waals surface area (Å²) in [6, 6.07) is 1.65. The maximum atomic E-state index is 13.1. The van der Waals surface area contributed by atoms with Gasteiger partial charge in [0.1, 0.15) is 5.41 Å². The van der Waals surface area contributed by atoms with Gasteiger partial charge in [-0.3, -0.25) is 14.4 Å². The Morgan fingerprint density at radius 1 is 1.13 bits per heavy atom. The molecule has 2 aliphatic heterocycles. The first-order chi connectivity index (χ1) is 14.3. The van der Waals surface area contributed by atoms with Gasteiger partial charge in [0.15, 0.2) is 23.4 Å². The molecule has 1 N–H and O–H groups in total. The van der Waals surface area contributed by atoms with E-state index in [1.165, 1.54) is 45.5 Å². The Labute approximate surface area is 173 Å². The molecule has 9 nitrogen and oxygen atoms in total. The molecule has 3 atom stereocenters. The molecule has 1 fully saturated rings. The van der Waals surface area contributed by atoms with Crippen LogP contribution in [0.15, 0.2) is 18.2 Å². The van der Waals surface area contributed by atoms with E-state index in [1.54, 1.807) is 6.07 Å². The zero-order chi connectivity index (χ0) is 21.8. The van der Waals surface area contributed by atoms with Gasteiger partial charge >= 0.3 is 5.97 Å². The smallest absolute Gasteiger partial charge is 0.321 e.